The molecule has 0 saturated carbocycles. The molecule has 1 heterocycles. The number of hydrogen-bond donors (Lipinski definition) is 0. The van der Waals surface area contributed by atoms with Gasteiger partial charge in [-0.15, -0.1) is 0 Å². The number of esters is 1. The second-order valence-electron chi connectivity index (χ2n) is 6.96. The Labute approximate surface area is 168 Å². The molecule has 150 valence electrons. The van der Waals surface area contributed by atoms with E-state index in [9.17, 15) is 9.59 Å². The molecule has 1 aliphatic carbocycles. The highest BCUT2D eigenvalue weighted by Crippen LogP contribution is 2.29. The van der Waals surface area contributed by atoms with Crippen LogP contribution in [0.5, 0.6) is 17.2 Å². The van der Waals surface area contributed by atoms with E-state index in [0.29, 0.717) is 24.4 Å². The van der Waals surface area contributed by atoms with Crippen LogP contribution in [0.2, 0.25) is 0 Å². The number of carbonyl (C=O) groups is 1. The van der Waals surface area contributed by atoms with Gasteiger partial charge < -0.3 is 18.6 Å². The summed E-state index contributed by atoms with van der Waals surface area (Å²) in [5.41, 5.74) is 2.01. The summed E-state index contributed by atoms with van der Waals surface area (Å²) in [6.45, 7) is 0.403. The quantitative estimate of drug-likeness (QED) is 0.260. The molecule has 3 aromatic rings. The van der Waals surface area contributed by atoms with Crippen LogP contribution in [-0.4, -0.2) is 19.7 Å². The molecule has 0 spiro atoms. The predicted molar refractivity (Wildman–Crippen MR) is 108 cm³/mol. The Bertz CT molecular complexity index is 1080. The Balaban J connectivity index is 1.31. The first-order valence-electron chi connectivity index (χ1n) is 9.70. The van der Waals surface area contributed by atoms with Crippen molar-refractivity contribution in [1.82, 2.24) is 0 Å². The van der Waals surface area contributed by atoms with Gasteiger partial charge in [0.05, 0.1) is 13.7 Å². The molecule has 29 heavy (non-hydrogen) atoms. The van der Waals surface area contributed by atoms with Crippen molar-refractivity contribution in [1.29, 1.82) is 0 Å². The number of methoxy groups -OCH3 is 1. The molecule has 0 bridgehead atoms. The van der Waals surface area contributed by atoms with Crippen molar-refractivity contribution in [2.45, 2.75) is 32.1 Å². The number of carbonyl (C=O) groups excluding carboxylic acids is 1. The molecule has 0 amide bonds. The third-order valence-electron chi connectivity index (χ3n) is 5.03. The van der Waals surface area contributed by atoms with Gasteiger partial charge in [-0.25, -0.2) is 4.79 Å². The van der Waals surface area contributed by atoms with Gasteiger partial charge in [0.1, 0.15) is 22.8 Å². The van der Waals surface area contributed by atoms with Gasteiger partial charge >= 0.3 is 11.6 Å². The first kappa shape index (κ1) is 19.1. The molecule has 0 saturated heterocycles. The molecule has 0 N–H and O–H groups in total. The zero-order chi connectivity index (χ0) is 20.2. The standard InChI is InChI=1S/C23H22O6/c1-26-15-7-9-16(10-8-15)27-13-3-6-22(24)28-17-11-12-19-18-4-2-5-20(18)23(25)29-21(19)14-17/h7-12,14H,2-6,13H2,1H3. The van der Waals surface area contributed by atoms with Gasteiger partial charge in [0.15, 0.2) is 0 Å². The molecule has 6 heteroatoms. The minimum absolute atomic E-state index is 0.225. The summed E-state index contributed by atoms with van der Waals surface area (Å²) in [5.74, 6) is 1.50. The number of benzene rings is 2. The third kappa shape index (κ3) is 4.26. The maximum atomic E-state index is 12.1. The number of rotatable bonds is 7. The van der Waals surface area contributed by atoms with Crippen molar-refractivity contribution in [2.75, 3.05) is 13.7 Å². The number of aryl methyl sites for hydroxylation is 1. The van der Waals surface area contributed by atoms with Gasteiger partial charge in [-0.1, -0.05) is 0 Å². The van der Waals surface area contributed by atoms with Crippen molar-refractivity contribution in [3.63, 3.8) is 0 Å². The van der Waals surface area contributed by atoms with Crippen LogP contribution in [-0.2, 0) is 17.6 Å². The average molecular weight is 394 g/mol. The Kier molecular flexibility index (Phi) is 5.51. The Morgan fingerprint density at radius 2 is 1.72 bits per heavy atom. The zero-order valence-corrected chi connectivity index (χ0v) is 16.2. The monoisotopic (exact) mass is 394 g/mol. The number of ether oxygens (including phenoxy) is 3. The molecule has 0 atom stereocenters. The van der Waals surface area contributed by atoms with Gasteiger partial charge in [-0.2, -0.15) is 0 Å². The first-order valence-corrected chi connectivity index (χ1v) is 9.70. The summed E-state index contributed by atoms with van der Waals surface area (Å²) in [7, 11) is 1.61. The van der Waals surface area contributed by atoms with Crippen molar-refractivity contribution in [3.05, 3.63) is 64.0 Å². The van der Waals surface area contributed by atoms with Crippen molar-refractivity contribution in [3.8, 4) is 17.2 Å². The van der Waals surface area contributed by atoms with E-state index in [1.807, 2.05) is 30.3 Å². The lowest BCUT2D eigenvalue weighted by molar-refractivity contribution is -0.134. The van der Waals surface area contributed by atoms with Crippen LogP contribution < -0.4 is 19.8 Å². The molecule has 0 fully saturated rings. The van der Waals surface area contributed by atoms with E-state index >= 15 is 0 Å². The molecule has 2 aromatic carbocycles. The van der Waals surface area contributed by atoms with E-state index in [1.165, 1.54) is 0 Å². The van der Waals surface area contributed by atoms with Crippen LogP contribution in [0.4, 0.5) is 0 Å². The topological polar surface area (TPSA) is 75.0 Å². The molecule has 1 aromatic heterocycles. The fourth-order valence-electron chi connectivity index (χ4n) is 3.59. The molecule has 0 aliphatic heterocycles. The second kappa shape index (κ2) is 8.39. The summed E-state index contributed by atoms with van der Waals surface area (Å²) >= 11 is 0. The highest BCUT2D eigenvalue weighted by molar-refractivity contribution is 5.84. The Hall–Kier alpha value is -3.28. The lowest BCUT2D eigenvalue weighted by Crippen LogP contribution is -2.10. The van der Waals surface area contributed by atoms with E-state index in [2.05, 4.69) is 0 Å². The van der Waals surface area contributed by atoms with Crippen LogP contribution in [0.3, 0.4) is 0 Å². The summed E-state index contributed by atoms with van der Waals surface area (Å²) in [6.07, 6.45) is 3.37. The molecular weight excluding hydrogens is 372 g/mol. The van der Waals surface area contributed by atoms with Gasteiger partial charge in [-0.05, 0) is 67.6 Å². The second-order valence-corrected chi connectivity index (χ2v) is 6.96. The molecule has 0 unspecified atom stereocenters. The zero-order valence-electron chi connectivity index (χ0n) is 16.2. The SMILES string of the molecule is COc1ccc(OCCCC(=O)Oc2ccc3c4c(c(=O)oc3c2)CCC4)cc1. The summed E-state index contributed by atoms with van der Waals surface area (Å²) in [4.78, 5) is 24.2. The molecular formula is C23H22O6. The van der Waals surface area contributed by atoms with E-state index in [-0.39, 0.29) is 18.0 Å². The van der Waals surface area contributed by atoms with Crippen molar-refractivity contribution in [2.24, 2.45) is 0 Å². The maximum absolute atomic E-state index is 12.1. The predicted octanol–water partition coefficient (Wildman–Crippen LogP) is 4.05. The van der Waals surface area contributed by atoms with Crippen LogP contribution in [0.1, 0.15) is 30.4 Å². The molecule has 1 aliphatic rings. The largest absolute Gasteiger partial charge is 0.497 e. The van der Waals surface area contributed by atoms with Gasteiger partial charge in [0.25, 0.3) is 0 Å². The lowest BCUT2D eigenvalue weighted by Gasteiger charge is -2.08. The van der Waals surface area contributed by atoms with Crippen LogP contribution >= 0.6 is 0 Å². The van der Waals surface area contributed by atoms with E-state index in [1.54, 1.807) is 19.2 Å². The lowest BCUT2D eigenvalue weighted by atomic mass is 10.1. The van der Waals surface area contributed by atoms with E-state index in [0.717, 1.165) is 47.3 Å². The highest BCUT2D eigenvalue weighted by Gasteiger charge is 2.20. The normalized spacial score (nSPS) is 12.6. The van der Waals surface area contributed by atoms with Crippen LogP contribution in [0.15, 0.2) is 51.7 Å². The highest BCUT2D eigenvalue weighted by atomic mass is 16.5. The fraction of sp³-hybridized carbons (Fsp3) is 0.304. The maximum Gasteiger partial charge on any atom is 0.339 e. The Morgan fingerprint density at radius 1 is 1.00 bits per heavy atom. The summed E-state index contributed by atoms with van der Waals surface area (Å²) in [5, 5.41) is 0.921. The van der Waals surface area contributed by atoms with Crippen molar-refractivity contribution < 1.29 is 23.4 Å². The summed E-state index contributed by atoms with van der Waals surface area (Å²) < 4.78 is 21.5. The van der Waals surface area contributed by atoms with Crippen molar-refractivity contribution >= 4 is 16.9 Å². The Morgan fingerprint density at radius 3 is 2.52 bits per heavy atom. The molecule has 4 rings (SSSR count). The van der Waals surface area contributed by atoms with E-state index < -0.39 is 0 Å². The molecule has 6 nitrogen and oxygen atoms in total. The minimum Gasteiger partial charge on any atom is -0.497 e. The average Bonchev–Trinajstić information content (AvgIpc) is 3.22. The summed E-state index contributed by atoms with van der Waals surface area (Å²) in [6, 6.07) is 12.5. The smallest absolute Gasteiger partial charge is 0.339 e. The first-order chi connectivity index (χ1) is 14.1. The number of hydrogen-bond acceptors (Lipinski definition) is 6. The third-order valence-corrected chi connectivity index (χ3v) is 5.03. The molecule has 0 radical (unpaired) electrons. The number of fused-ring (bicyclic) bond motifs is 3. The fourth-order valence-corrected chi connectivity index (χ4v) is 3.59. The van der Waals surface area contributed by atoms with Gasteiger partial charge in [0.2, 0.25) is 0 Å². The minimum atomic E-state index is -0.355. The van der Waals surface area contributed by atoms with Crippen LogP contribution in [0.25, 0.3) is 11.0 Å². The van der Waals surface area contributed by atoms with Gasteiger partial charge in [0, 0.05) is 23.4 Å². The van der Waals surface area contributed by atoms with Crippen LogP contribution in [0, 0.1) is 0 Å². The van der Waals surface area contributed by atoms with E-state index in [4.69, 9.17) is 18.6 Å². The van der Waals surface area contributed by atoms with Gasteiger partial charge in [-0.3, -0.25) is 4.79 Å².